The molecule has 146 valence electrons. The van der Waals surface area contributed by atoms with Gasteiger partial charge in [-0.25, -0.2) is 0 Å². The summed E-state index contributed by atoms with van der Waals surface area (Å²) in [5, 5.41) is 14.3. The molecule has 0 fully saturated rings. The lowest BCUT2D eigenvalue weighted by molar-refractivity contribution is -0.131. The molecule has 6 nitrogen and oxygen atoms in total. The summed E-state index contributed by atoms with van der Waals surface area (Å²) in [6.07, 6.45) is 0. The minimum atomic E-state index is -1.88. The van der Waals surface area contributed by atoms with Gasteiger partial charge in [-0.15, -0.1) is 0 Å². The highest BCUT2D eigenvalue weighted by Gasteiger charge is 2.40. The van der Waals surface area contributed by atoms with E-state index in [1.165, 1.54) is 4.90 Å². The molecule has 0 radical (unpaired) electrons. The number of ether oxygens (including phenoxy) is 1. The number of nitrogens with zero attached hydrogens (tertiary/aromatic N) is 1. The molecule has 0 aromatic heterocycles. The molecule has 0 unspecified atom stereocenters. The Hall–Kier alpha value is -3.64. The Morgan fingerprint density at radius 2 is 1.59 bits per heavy atom. The van der Waals surface area contributed by atoms with E-state index in [9.17, 15) is 14.7 Å². The Kier molecular flexibility index (Phi) is 4.78. The lowest BCUT2D eigenvalue weighted by Crippen LogP contribution is -2.41. The van der Waals surface area contributed by atoms with Crippen LogP contribution in [0, 0.1) is 0 Å². The molecule has 6 heteroatoms. The van der Waals surface area contributed by atoms with Crippen molar-refractivity contribution in [1.29, 1.82) is 0 Å². The highest BCUT2D eigenvalue weighted by molar-refractivity contribution is 6.02. The summed E-state index contributed by atoms with van der Waals surface area (Å²) in [6.45, 7) is -0.0169. The van der Waals surface area contributed by atoms with Gasteiger partial charge in [0.1, 0.15) is 5.75 Å². The van der Waals surface area contributed by atoms with E-state index in [4.69, 9.17) is 4.74 Å². The van der Waals surface area contributed by atoms with Gasteiger partial charge >= 0.3 is 0 Å². The van der Waals surface area contributed by atoms with Crippen molar-refractivity contribution < 1.29 is 19.4 Å². The van der Waals surface area contributed by atoms with Crippen molar-refractivity contribution in [2.24, 2.45) is 0 Å². The lowest BCUT2D eigenvalue weighted by Gasteiger charge is -2.29. The summed E-state index contributed by atoms with van der Waals surface area (Å²) in [6, 6.07) is 22.6. The normalized spacial score (nSPS) is 13.4. The third kappa shape index (κ3) is 3.34. The monoisotopic (exact) mass is 388 g/mol. The van der Waals surface area contributed by atoms with Gasteiger partial charge in [-0.1, -0.05) is 60.7 Å². The molecule has 0 aliphatic carbocycles. The van der Waals surface area contributed by atoms with E-state index in [-0.39, 0.29) is 12.5 Å². The van der Waals surface area contributed by atoms with E-state index in [0.717, 1.165) is 0 Å². The van der Waals surface area contributed by atoms with Crippen molar-refractivity contribution in [3.63, 3.8) is 0 Å². The van der Waals surface area contributed by atoms with Gasteiger partial charge in [0.25, 0.3) is 11.8 Å². The van der Waals surface area contributed by atoms with Crippen LogP contribution in [-0.2, 0) is 15.2 Å². The number of amides is 2. The standard InChI is InChI=1S/C23H20N2O4/c1-25-19-14-18(12-13-20(19)29-15-21(25)26)24-22(27)23(28,16-8-4-2-5-9-16)17-10-6-3-7-11-17/h2-14,28H,15H2,1H3,(H,24,27). The minimum Gasteiger partial charge on any atom is -0.482 e. The van der Waals surface area contributed by atoms with Crippen LogP contribution in [0.15, 0.2) is 78.9 Å². The van der Waals surface area contributed by atoms with Crippen LogP contribution in [0.1, 0.15) is 11.1 Å². The first-order chi connectivity index (χ1) is 14.0. The van der Waals surface area contributed by atoms with Crippen molar-refractivity contribution >= 4 is 23.2 Å². The Labute approximate surface area is 168 Å². The predicted octanol–water partition coefficient (Wildman–Crippen LogP) is 2.92. The summed E-state index contributed by atoms with van der Waals surface area (Å²) in [5.74, 6) is -0.210. The molecule has 2 N–H and O–H groups in total. The van der Waals surface area contributed by atoms with Crippen molar-refractivity contribution in [2.75, 3.05) is 23.9 Å². The largest absolute Gasteiger partial charge is 0.482 e. The molecule has 1 heterocycles. The van der Waals surface area contributed by atoms with E-state index in [1.54, 1.807) is 73.8 Å². The zero-order chi connectivity index (χ0) is 20.4. The van der Waals surface area contributed by atoms with Gasteiger partial charge in [-0.2, -0.15) is 0 Å². The van der Waals surface area contributed by atoms with Gasteiger partial charge in [0.2, 0.25) is 0 Å². The number of carbonyl (C=O) groups is 2. The fraction of sp³-hybridized carbons (Fsp3) is 0.130. The summed E-state index contributed by atoms with van der Waals surface area (Å²) in [5.41, 5.74) is 0.0391. The quantitative estimate of drug-likeness (QED) is 0.720. The van der Waals surface area contributed by atoms with E-state index < -0.39 is 11.5 Å². The van der Waals surface area contributed by atoms with Gasteiger partial charge in [0.05, 0.1) is 5.69 Å². The second kappa shape index (κ2) is 7.41. The number of hydrogen-bond donors (Lipinski definition) is 2. The van der Waals surface area contributed by atoms with Crippen LogP contribution in [0.25, 0.3) is 0 Å². The number of rotatable bonds is 4. The van der Waals surface area contributed by atoms with Crippen molar-refractivity contribution in [1.82, 2.24) is 0 Å². The fourth-order valence-corrected chi connectivity index (χ4v) is 3.36. The second-order valence-electron chi connectivity index (χ2n) is 6.82. The Bertz CT molecular complexity index is 1010. The Morgan fingerprint density at radius 1 is 1.00 bits per heavy atom. The number of fused-ring (bicyclic) bond motifs is 1. The molecule has 1 aliphatic rings. The van der Waals surface area contributed by atoms with Crippen LogP contribution in [0.5, 0.6) is 5.75 Å². The van der Waals surface area contributed by atoms with E-state index >= 15 is 0 Å². The number of hydrogen-bond acceptors (Lipinski definition) is 4. The number of anilines is 2. The van der Waals surface area contributed by atoms with E-state index in [2.05, 4.69) is 5.32 Å². The molecule has 0 atom stereocenters. The van der Waals surface area contributed by atoms with Gasteiger partial charge in [0.15, 0.2) is 12.2 Å². The predicted molar refractivity (Wildman–Crippen MR) is 110 cm³/mol. The Morgan fingerprint density at radius 3 is 2.17 bits per heavy atom. The molecule has 0 saturated carbocycles. The number of nitrogens with one attached hydrogen (secondary N) is 1. The average molecular weight is 388 g/mol. The lowest BCUT2D eigenvalue weighted by atomic mass is 9.85. The maximum Gasteiger partial charge on any atom is 0.265 e. The van der Waals surface area contributed by atoms with Crippen LogP contribution < -0.4 is 15.0 Å². The van der Waals surface area contributed by atoms with E-state index in [0.29, 0.717) is 28.3 Å². The van der Waals surface area contributed by atoms with Crippen LogP contribution in [0.3, 0.4) is 0 Å². The number of likely N-dealkylation sites (N-methyl/N-ethyl adjacent to an activating group) is 1. The van der Waals surface area contributed by atoms with Crippen molar-refractivity contribution in [3.05, 3.63) is 90.0 Å². The molecule has 0 spiro atoms. The molecule has 0 saturated heterocycles. The van der Waals surface area contributed by atoms with Crippen LogP contribution in [-0.4, -0.2) is 30.6 Å². The number of carbonyl (C=O) groups excluding carboxylic acids is 2. The fourth-order valence-electron chi connectivity index (χ4n) is 3.36. The molecule has 0 bridgehead atoms. The Balaban J connectivity index is 1.71. The van der Waals surface area contributed by atoms with Crippen LogP contribution in [0.2, 0.25) is 0 Å². The van der Waals surface area contributed by atoms with Gasteiger partial charge in [-0.05, 0) is 29.3 Å². The molecule has 3 aromatic rings. The highest BCUT2D eigenvalue weighted by atomic mass is 16.5. The van der Waals surface area contributed by atoms with Gasteiger partial charge in [-0.3, -0.25) is 9.59 Å². The molecule has 4 rings (SSSR count). The first-order valence-corrected chi connectivity index (χ1v) is 9.18. The first-order valence-electron chi connectivity index (χ1n) is 9.18. The highest BCUT2D eigenvalue weighted by Crippen LogP contribution is 2.35. The number of aliphatic hydroxyl groups is 1. The van der Waals surface area contributed by atoms with Crippen molar-refractivity contribution in [3.8, 4) is 5.75 Å². The maximum atomic E-state index is 13.3. The third-order valence-electron chi connectivity index (χ3n) is 5.02. The smallest absolute Gasteiger partial charge is 0.265 e. The zero-order valence-electron chi connectivity index (χ0n) is 15.8. The molecule has 1 aliphatic heterocycles. The summed E-state index contributed by atoms with van der Waals surface area (Å²) in [4.78, 5) is 26.7. The van der Waals surface area contributed by atoms with Crippen LogP contribution >= 0.6 is 0 Å². The average Bonchev–Trinajstić information content (AvgIpc) is 2.77. The SMILES string of the molecule is CN1C(=O)COc2ccc(NC(=O)C(O)(c3ccccc3)c3ccccc3)cc21. The maximum absolute atomic E-state index is 13.3. The topological polar surface area (TPSA) is 78.9 Å². The van der Waals surface area contributed by atoms with Gasteiger partial charge in [0, 0.05) is 12.7 Å². The summed E-state index contributed by atoms with van der Waals surface area (Å²) >= 11 is 0. The summed E-state index contributed by atoms with van der Waals surface area (Å²) in [7, 11) is 1.65. The molecular formula is C23H20N2O4. The second-order valence-corrected chi connectivity index (χ2v) is 6.82. The molecule has 3 aromatic carbocycles. The third-order valence-corrected chi connectivity index (χ3v) is 5.02. The van der Waals surface area contributed by atoms with Crippen molar-refractivity contribution in [2.45, 2.75) is 5.60 Å². The van der Waals surface area contributed by atoms with Gasteiger partial charge < -0.3 is 20.1 Å². The molecule has 29 heavy (non-hydrogen) atoms. The minimum absolute atomic E-state index is 0.0169. The first kappa shape index (κ1) is 18.7. The van der Waals surface area contributed by atoms with Crippen LogP contribution in [0.4, 0.5) is 11.4 Å². The number of benzene rings is 3. The molecular weight excluding hydrogens is 368 g/mol. The van der Waals surface area contributed by atoms with E-state index in [1.807, 2.05) is 12.1 Å². The molecule has 2 amide bonds. The zero-order valence-corrected chi connectivity index (χ0v) is 15.8. The summed E-state index contributed by atoms with van der Waals surface area (Å²) < 4.78 is 5.42.